The van der Waals surface area contributed by atoms with Crippen molar-refractivity contribution in [2.24, 2.45) is 0 Å². The lowest BCUT2D eigenvalue weighted by Gasteiger charge is -2.34. The van der Waals surface area contributed by atoms with Gasteiger partial charge in [-0.1, -0.05) is 30.3 Å². The molecule has 4 atom stereocenters. The van der Waals surface area contributed by atoms with Crippen molar-refractivity contribution in [3.05, 3.63) is 70.3 Å². The monoisotopic (exact) mass is 370 g/mol. The molecule has 140 valence electrons. The summed E-state index contributed by atoms with van der Waals surface area (Å²) in [5, 5.41) is 29.0. The molecule has 0 saturated carbocycles. The molecular weight excluding hydrogens is 352 g/mol. The molecule has 2 aromatic rings. The van der Waals surface area contributed by atoms with E-state index in [1.165, 1.54) is 0 Å². The van der Waals surface area contributed by atoms with Crippen molar-refractivity contribution in [3.63, 3.8) is 0 Å². The number of hydrogen-bond acceptors (Lipinski definition) is 7. The van der Waals surface area contributed by atoms with E-state index in [2.05, 4.69) is 0 Å². The van der Waals surface area contributed by atoms with Gasteiger partial charge in [0.25, 0.3) is 0 Å². The predicted octanol–water partition coefficient (Wildman–Crippen LogP) is 0.418. The standard InChI is InChI=1S/C20H18O7/c21-15-9-27-20(19(25)18(15)24)26-8-10-5-6-13-14(7-10)17(23)12-4-2-1-3-11(12)16(13)22/h1-7,15,18-21,24-25H,8-9H2/t15-,18+,19-,20-/m1/s1. The molecule has 4 rings (SSSR count). The second-order valence-electron chi connectivity index (χ2n) is 6.65. The van der Waals surface area contributed by atoms with Crippen LogP contribution >= 0.6 is 0 Å². The Labute approximate surface area is 154 Å². The zero-order valence-corrected chi connectivity index (χ0v) is 14.2. The van der Waals surface area contributed by atoms with Crippen molar-refractivity contribution in [1.82, 2.24) is 0 Å². The van der Waals surface area contributed by atoms with E-state index in [0.29, 0.717) is 27.8 Å². The Morgan fingerprint density at radius 1 is 0.889 bits per heavy atom. The first-order valence-electron chi connectivity index (χ1n) is 8.56. The highest BCUT2D eigenvalue weighted by atomic mass is 16.7. The molecule has 1 heterocycles. The number of benzene rings is 2. The summed E-state index contributed by atoms with van der Waals surface area (Å²) >= 11 is 0. The number of hydrogen-bond donors (Lipinski definition) is 3. The van der Waals surface area contributed by atoms with Crippen molar-refractivity contribution >= 4 is 11.6 Å². The number of carbonyl (C=O) groups is 2. The zero-order valence-electron chi connectivity index (χ0n) is 14.2. The van der Waals surface area contributed by atoms with Crippen LogP contribution < -0.4 is 0 Å². The van der Waals surface area contributed by atoms with E-state index >= 15 is 0 Å². The van der Waals surface area contributed by atoms with Crippen LogP contribution in [-0.4, -0.2) is 58.1 Å². The van der Waals surface area contributed by atoms with Crippen molar-refractivity contribution in [1.29, 1.82) is 0 Å². The summed E-state index contributed by atoms with van der Waals surface area (Å²) in [7, 11) is 0. The Balaban J connectivity index is 1.54. The van der Waals surface area contributed by atoms with E-state index in [1.54, 1.807) is 42.5 Å². The Kier molecular flexibility index (Phi) is 4.63. The van der Waals surface area contributed by atoms with Crippen molar-refractivity contribution < 1.29 is 34.4 Å². The maximum Gasteiger partial charge on any atom is 0.194 e. The summed E-state index contributed by atoms with van der Waals surface area (Å²) in [5.41, 5.74) is 2.03. The van der Waals surface area contributed by atoms with Crippen LogP contribution in [0.5, 0.6) is 0 Å². The first kappa shape index (κ1) is 18.0. The third-order valence-corrected chi connectivity index (χ3v) is 4.86. The topological polar surface area (TPSA) is 113 Å². The lowest BCUT2D eigenvalue weighted by molar-refractivity contribution is -0.273. The van der Waals surface area contributed by atoms with Crippen LogP contribution in [0.3, 0.4) is 0 Å². The zero-order chi connectivity index (χ0) is 19.1. The number of carbonyl (C=O) groups excluding carboxylic acids is 2. The van der Waals surface area contributed by atoms with E-state index in [4.69, 9.17) is 9.47 Å². The van der Waals surface area contributed by atoms with Crippen LogP contribution in [0.4, 0.5) is 0 Å². The van der Waals surface area contributed by atoms with Crippen molar-refractivity contribution in [2.45, 2.75) is 31.2 Å². The highest BCUT2D eigenvalue weighted by Crippen LogP contribution is 2.28. The van der Waals surface area contributed by atoms with Gasteiger partial charge in [-0.25, -0.2) is 0 Å². The van der Waals surface area contributed by atoms with Crippen molar-refractivity contribution in [2.75, 3.05) is 6.61 Å². The fourth-order valence-electron chi connectivity index (χ4n) is 3.34. The van der Waals surface area contributed by atoms with Gasteiger partial charge in [-0.15, -0.1) is 0 Å². The maximum atomic E-state index is 12.7. The summed E-state index contributed by atoms with van der Waals surface area (Å²) in [6, 6.07) is 11.5. The molecule has 0 spiro atoms. The Morgan fingerprint density at radius 3 is 2.22 bits per heavy atom. The van der Waals surface area contributed by atoms with Crippen LogP contribution in [0.1, 0.15) is 37.4 Å². The van der Waals surface area contributed by atoms with E-state index < -0.39 is 24.6 Å². The smallest absolute Gasteiger partial charge is 0.194 e. The van der Waals surface area contributed by atoms with Crippen LogP contribution in [0, 0.1) is 0 Å². The molecular formula is C20H18O7. The van der Waals surface area contributed by atoms with Gasteiger partial charge in [-0.05, 0) is 17.7 Å². The molecule has 7 nitrogen and oxygen atoms in total. The Morgan fingerprint density at radius 2 is 1.52 bits per heavy atom. The van der Waals surface area contributed by atoms with Gasteiger partial charge in [0, 0.05) is 22.3 Å². The van der Waals surface area contributed by atoms with Gasteiger partial charge < -0.3 is 24.8 Å². The molecule has 0 aromatic heterocycles. The minimum absolute atomic E-state index is 0.000932. The normalized spacial score (nSPS) is 27.2. The SMILES string of the molecule is O=C1c2ccccc2C(=O)c2cc(CO[C@@H]3OC[C@@H](O)[C@H](O)[C@H]3O)ccc21. The molecule has 1 saturated heterocycles. The van der Waals surface area contributed by atoms with Crippen molar-refractivity contribution in [3.8, 4) is 0 Å². The molecule has 2 aromatic carbocycles. The lowest BCUT2D eigenvalue weighted by Crippen LogP contribution is -2.53. The summed E-state index contributed by atoms with van der Waals surface area (Å²) in [6.45, 7) is -0.155. The number of aliphatic hydroxyl groups excluding tert-OH is 3. The molecule has 0 unspecified atom stereocenters. The third-order valence-electron chi connectivity index (χ3n) is 4.86. The number of ether oxygens (including phenoxy) is 2. The minimum Gasteiger partial charge on any atom is -0.388 e. The fraction of sp³-hybridized carbons (Fsp3) is 0.300. The van der Waals surface area contributed by atoms with Gasteiger partial charge in [0.2, 0.25) is 0 Å². The van der Waals surface area contributed by atoms with Crippen LogP contribution in [0.2, 0.25) is 0 Å². The van der Waals surface area contributed by atoms with Gasteiger partial charge in [0.1, 0.15) is 18.3 Å². The second-order valence-corrected chi connectivity index (χ2v) is 6.65. The van der Waals surface area contributed by atoms with Crippen LogP contribution in [-0.2, 0) is 16.1 Å². The molecule has 1 aliphatic carbocycles. The molecule has 0 bridgehead atoms. The molecule has 3 N–H and O–H groups in total. The van der Waals surface area contributed by atoms with Gasteiger partial charge in [-0.3, -0.25) is 9.59 Å². The predicted molar refractivity (Wildman–Crippen MR) is 92.3 cm³/mol. The first-order chi connectivity index (χ1) is 13.0. The summed E-state index contributed by atoms with van der Waals surface area (Å²) < 4.78 is 10.7. The van der Waals surface area contributed by atoms with E-state index in [9.17, 15) is 24.9 Å². The Hall–Kier alpha value is -2.42. The number of rotatable bonds is 3. The van der Waals surface area contributed by atoms with Gasteiger partial charge in [-0.2, -0.15) is 0 Å². The molecule has 1 fully saturated rings. The molecule has 7 heteroatoms. The summed E-state index contributed by atoms with van der Waals surface area (Å²) in [4.78, 5) is 25.3. The van der Waals surface area contributed by atoms with Gasteiger partial charge in [0.15, 0.2) is 17.9 Å². The largest absolute Gasteiger partial charge is 0.388 e. The summed E-state index contributed by atoms with van der Waals surface area (Å²) in [6.07, 6.45) is -5.02. The highest BCUT2D eigenvalue weighted by molar-refractivity contribution is 6.28. The van der Waals surface area contributed by atoms with Gasteiger partial charge >= 0.3 is 0 Å². The third kappa shape index (κ3) is 3.09. The van der Waals surface area contributed by atoms with E-state index in [0.717, 1.165) is 0 Å². The maximum absolute atomic E-state index is 12.7. The van der Waals surface area contributed by atoms with Crippen LogP contribution in [0.15, 0.2) is 42.5 Å². The number of aliphatic hydroxyl groups is 3. The summed E-state index contributed by atoms with van der Waals surface area (Å²) in [5.74, 6) is -0.426. The molecule has 1 aliphatic heterocycles. The quantitative estimate of drug-likeness (QED) is 0.612. The number of ketones is 2. The highest BCUT2D eigenvalue weighted by Gasteiger charge is 2.38. The first-order valence-corrected chi connectivity index (χ1v) is 8.56. The van der Waals surface area contributed by atoms with E-state index in [-0.39, 0.29) is 24.8 Å². The molecule has 0 amide bonds. The van der Waals surface area contributed by atoms with Gasteiger partial charge in [0.05, 0.1) is 13.2 Å². The lowest BCUT2D eigenvalue weighted by atomic mass is 9.83. The fourth-order valence-corrected chi connectivity index (χ4v) is 3.34. The average Bonchev–Trinajstić information content (AvgIpc) is 2.69. The molecule has 2 aliphatic rings. The second kappa shape index (κ2) is 6.95. The average molecular weight is 370 g/mol. The molecule has 0 radical (unpaired) electrons. The van der Waals surface area contributed by atoms with Crippen LogP contribution in [0.25, 0.3) is 0 Å². The minimum atomic E-state index is -1.39. The Bertz CT molecular complexity index is 907. The molecule has 27 heavy (non-hydrogen) atoms. The van der Waals surface area contributed by atoms with E-state index in [1.807, 2.05) is 0 Å². The number of fused-ring (bicyclic) bond motifs is 2.